The summed E-state index contributed by atoms with van der Waals surface area (Å²) in [6.45, 7) is 3.74. The van der Waals surface area contributed by atoms with Crippen LogP contribution in [0, 0.1) is 0 Å². The minimum Gasteiger partial charge on any atom is -0.457 e. The highest BCUT2D eigenvalue weighted by atomic mass is 32.2. The van der Waals surface area contributed by atoms with Crippen LogP contribution in [-0.4, -0.2) is 30.8 Å². The van der Waals surface area contributed by atoms with E-state index in [2.05, 4.69) is 9.71 Å². The van der Waals surface area contributed by atoms with E-state index >= 15 is 0 Å². The van der Waals surface area contributed by atoms with Gasteiger partial charge in [-0.3, -0.25) is 0 Å². The molecule has 1 heterocycles. The summed E-state index contributed by atoms with van der Waals surface area (Å²) in [5.41, 5.74) is -0.664. The lowest BCUT2D eigenvalue weighted by atomic mass is 9.76. The molecule has 2 atom stereocenters. The molecule has 2 aliphatic carbocycles. The minimum absolute atomic E-state index is 0.202. The van der Waals surface area contributed by atoms with Crippen LogP contribution in [0.4, 0.5) is 0 Å². The monoisotopic (exact) mass is 314 g/mol. The Morgan fingerprint density at radius 3 is 2.48 bits per heavy atom. The van der Waals surface area contributed by atoms with Crippen LogP contribution < -0.4 is 4.72 Å². The molecule has 21 heavy (non-hydrogen) atoms. The number of nitrogens with zero attached hydrogens (tertiary/aromatic N) is 1. The van der Waals surface area contributed by atoms with Gasteiger partial charge in [0.15, 0.2) is 0 Å². The van der Waals surface area contributed by atoms with Crippen LogP contribution in [0.25, 0.3) is 0 Å². The zero-order valence-corrected chi connectivity index (χ0v) is 13.8. The first kappa shape index (κ1) is 15.1. The van der Waals surface area contributed by atoms with E-state index in [1.54, 1.807) is 0 Å². The number of amidine groups is 1. The lowest BCUT2D eigenvalue weighted by molar-refractivity contribution is -0.00775. The van der Waals surface area contributed by atoms with Gasteiger partial charge in [-0.15, -0.1) is 0 Å². The van der Waals surface area contributed by atoms with Gasteiger partial charge in [0.05, 0.1) is 6.04 Å². The van der Waals surface area contributed by atoms with Crippen molar-refractivity contribution in [3.05, 3.63) is 0 Å². The molecule has 0 spiro atoms. The summed E-state index contributed by atoms with van der Waals surface area (Å²) >= 11 is 0. The normalized spacial score (nSPS) is 41.9. The van der Waals surface area contributed by atoms with E-state index in [9.17, 15) is 8.42 Å². The van der Waals surface area contributed by atoms with Gasteiger partial charge in [0.25, 0.3) is 6.02 Å². The number of sulfonamides is 1. The smallest absolute Gasteiger partial charge is 0.299 e. The predicted octanol–water partition coefficient (Wildman–Crippen LogP) is 2.72. The van der Waals surface area contributed by atoms with Gasteiger partial charge in [-0.2, -0.15) is 0 Å². The topological polar surface area (TPSA) is 67.8 Å². The molecule has 0 radical (unpaired) electrons. The first-order valence-corrected chi connectivity index (χ1v) is 9.64. The Morgan fingerprint density at radius 2 is 1.76 bits per heavy atom. The van der Waals surface area contributed by atoms with Crippen molar-refractivity contribution in [1.29, 1.82) is 0 Å². The Labute approximate surface area is 127 Å². The maximum Gasteiger partial charge on any atom is 0.299 e. The van der Waals surface area contributed by atoms with Crippen LogP contribution in [-0.2, 0) is 14.8 Å². The molecule has 0 aromatic carbocycles. The number of hydrogen-bond donors (Lipinski definition) is 1. The third-order valence-electron chi connectivity index (χ3n) is 5.69. The lowest BCUT2D eigenvalue weighted by Crippen LogP contribution is -2.68. The summed E-state index contributed by atoms with van der Waals surface area (Å²) in [6, 6.07) is 0.428. The number of rotatable bonds is 1. The molecule has 120 valence electrons. The minimum atomic E-state index is -3.45. The fraction of sp³-hybridized carbons (Fsp3) is 0.933. The van der Waals surface area contributed by atoms with Gasteiger partial charge in [0, 0.05) is 0 Å². The van der Waals surface area contributed by atoms with E-state index in [-0.39, 0.29) is 12.1 Å². The molecule has 3 rings (SSSR count). The number of fused-ring (bicyclic) bond motifs is 1. The van der Waals surface area contributed by atoms with Crippen molar-refractivity contribution in [2.24, 2.45) is 4.99 Å². The van der Waals surface area contributed by atoms with E-state index < -0.39 is 20.4 Å². The average Bonchev–Trinajstić information content (AvgIpc) is 2.41. The molecule has 3 aliphatic rings. The lowest BCUT2D eigenvalue weighted by Gasteiger charge is -2.51. The molecule has 1 N–H and O–H groups in total. The third kappa shape index (κ3) is 2.45. The van der Waals surface area contributed by atoms with Crippen LogP contribution in [0.15, 0.2) is 4.99 Å². The van der Waals surface area contributed by atoms with Crippen molar-refractivity contribution in [2.75, 3.05) is 0 Å². The summed E-state index contributed by atoms with van der Waals surface area (Å²) in [5.74, 6) is 0. The van der Waals surface area contributed by atoms with Gasteiger partial charge in [-0.1, -0.05) is 25.7 Å². The Bertz CT molecular complexity index is 539. The van der Waals surface area contributed by atoms with Gasteiger partial charge in [-0.25, -0.2) is 18.1 Å². The molecule has 1 saturated heterocycles. The second-order valence-corrected chi connectivity index (χ2v) is 9.21. The molecule has 0 bridgehead atoms. The number of aliphatic imine (C=N–C) groups is 1. The van der Waals surface area contributed by atoms with Crippen molar-refractivity contribution in [1.82, 2.24) is 4.72 Å². The van der Waals surface area contributed by atoms with E-state index in [1.165, 1.54) is 19.3 Å². The molecule has 2 unspecified atom stereocenters. The molecule has 0 aromatic rings. The zero-order chi connectivity index (χ0) is 15.1. The van der Waals surface area contributed by atoms with E-state index in [0.29, 0.717) is 6.42 Å². The molecular weight excluding hydrogens is 288 g/mol. The predicted molar refractivity (Wildman–Crippen MR) is 82.7 cm³/mol. The van der Waals surface area contributed by atoms with Crippen molar-refractivity contribution >= 4 is 16.0 Å². The van der Waals surface area contributed by atoms with Crippen molar-refractivity contribution < 1.29 is 13.2 Å². The summed E-state index contributed by atoms with van der Waals surface area (Å²) in [6.07, 6.45) is 9.02. The highest BCUT2D eigenvalue weighted by molar-refractivity contribution is 7.91. The second kappa shape index (κ2) is 5.14. The highest BCUT2D eigenvalue weighted by Crippen LogP contribution is 2.46. The maximum atomic E-state index is 12.7. The van der Waals surface area contributed by atoms with Gasteiger partial charge < -0.3 is 4.74 Å². The second-order valence-electron chi connectivity index (χ2n) is 7.10. The number of ether oxygens (including phenoxy) is 1. The molecule has 6 heteroatoms. The quantitative estimate of drug-likeness (QED) is 0.809. The van der Waals surface area contributed by atoms with Crippen molar-refractivity contribution in [3.8, 4) is 0 Å². The fourth-order valence-electron chi connectivity index (χ4n) is 3.92. The number of hydrogen-bond acceptors (Lipinski definition) is 4. The van der Waals surface area contributed by atoms with Crippen molar-refractivity contribution in [2.45, 2.75) is 88.0 Å². The van der Waals surface area contributed by atoms with Crippen LogP contribution in [0.1, 0.15) is 71.6 Å². The van der Waals surface area contributed by atoms with E-state index in [4.69, 9.17) is 4.74 Å². The molecule has 1 aliphatic heterocycles. The molecule has 2 saturated carbocycles. The standard InChI is InChI=1S/C15H26N2O3S/c1-14-10-6-7-11-15(14,2)21(18,19)17-13(20-14)16-12-8-4-3-5-9-12/h12H,3-11H2,1-2H3,(H,16,17). The van der Waals surface area contributed by atoms with E-state index in [1.807, 2.05) is 13.8 Å². The Kier molecular flexibility index (Phi) is 3.71. The molecule has 0 amide bonds. The molecule has 0 aromatic heterocycles. The fourth-order valence-corrected chi connectivity index (χ4v) is 5.60. The summed E-state index contributed by atoms with van der Waals surface area (Å²) in [5, 5.41) is 0. The van der Waals surface area contributed by atoms with Crippen molar-refractivity contribution in [3.63, 3.8) is 0 Å². The summed E-state index contributed by atoms with van der Waals surface area (Å²) in [4.78, 5) is 4.56. The summed E-state index contributed by atoms with van der Waals surface area (Å²) < 4.78 is 33.3. The van der Waals surface area contributed by atoms with Gasteiger partial charge in [0.2, 0.25) is 10.0 Å². The largest absolute Gasteiger partial charge is 0.457 e. The summed E-state index contributed by atoms with van der Waals surface area (Å²) in [7, 11) is -3.45. The van der Waals surface area contributed by atoms with Crippen LogP contribution in [0.5, 0.6) is 0 Å². The van der Waals surface area contributed by atoms with Gasteiger partial charge >= 0.3 is 0 Å². The molecule has 3 fully saturated rings. The van der Waals surface area contributed by atoms with Crippen LogP contribution in [0.2, 0.25) is 0 Å². The average molecular weight is 314 g/mol. The maximum absolute atomic E-state index is 12.7. The Hall–Kier alpha value is -0.780. The van der Waals surface area contributed by atoms with Crippen LogP contribution >= 0.6 is 0 Å². The first-order valence-electron chi connectivity index (χ1n) is 8.16. The van der Waals surface area contributed by atoms with Gasteiger partial charge in [0.1, 0.15) is 10.3 Å². The number of nitrogens with one attached hydrogen (secondary N) is 1. The molecular formula is C15H26N2O3S. The van der Waals surface area contributed by atoms with Crippen LogP contribution in [0.3, 0.4) is 0 Å². The highest BCUT2D eigenvalue weighted by Gasteiger charge is 2.60. The Morgan fingerprint density at radius 1 is 1.10 bits per heavy atom. The van der Waals surface area contributed by atoms with Gasteiger partial charge in [-0.05, 0) is 46.0 Å². The third-order valence-corrected chi connectivity index (χ3v) is 7.95. The van der Waals surface area contributed by atoms with E-state index in [0.717, 1.165) is 32.1 Å². The zero-order valence-electron chi connectivity index (χ0n) is 13.0. The SMILES string of the molecule is CC12CCCCC1(C)S(=O)(=O)NC(=NC1CCCCC1)O2. The first-order chi connectivity index (χ1) is 9.86. The molecule has 5 nitrogen and oxygen atoms in total. The Balaban J connectivity index is 1.89.